The summed E-state index contributed by atoms with van der Waals surface area (Å²) >= 11 is 3.49. The summed E-state index contributed by atoms with van der Waals surface area (Å²) < 4.78 is 0. The number of hydrogen-bond acceptors (Lipinski definition) is 0. The predicted octanol–water partition coefficient (Wildman–Crippen LogP) is 3.70. The van der Waals surface area contributed by atoms with Gasteiger partial charge in [0.05, 0.1) is 0 Å². The minimum atomic E-state index is 0.831. The highest BCUT2D eigenvalue weighted by Gasteiger charge is 2.15. The summed E-state index contributed by atoms with van der Waals surface area (Å²) in [5, 5.41) is 1.15. The highest BCUT2D eigenvalue weighted by Crippen LogP contribution is 2.24. The van der Waals surface area contributed by atoms with E-state index in [4.69, 9.17) is 0 Å². The molecule has 0 spiro atoms. The first kappa shape index (κ1) is 10.5. The van der Waals surface area contributed by atoms with Crippen molar-refractivity contribution in [3.05, 3.63) is 0 Å². The van der Waals surface area contributed by atoms with Crippen LogP contribution < -0.4 is 0 Å². The fraction of sp³-hybridized carbons (Fsp3) is 1.00. The summed E-state index contributed by atoms with van der Waals surface area (Å²) in [7, 11) is 0. The Balaban J connectivity index is 3.73. The molecule has 1 heteroatoms. The first-order valence-electron chi connectivity index (χ1n) is 4.15. The number of rotatable bonds is 4. The van der Waals surface area contributed by atoms with Crippen molar-refractivity contribution in [1.82, 2.24) is 0 Å². The third-order valence-corrected chi connectivity index (χ3v) is 2.61. The SMILES string of the molecule is CC(C)C(CCBr)C(C)C. The third-order valence-electron chi connectivity index (χ3n) is 2.16. The van der Waals surface area contributed by atoms with Crippen LogP contribution in [-0.2, 0) is 0 Å². The molecule has 0 aliphatic rings. The van der Waals surface area contributed by atoms with Crippen LogP contribution in [0, 0.1) is 17.8 Å². The fourth-order valence-electron chi connectivity index (χ4n) is 1.56. The smallest absolute Gasteiger partial charge is 0.00341 e. The van der Waals surface area contributed by atoms with Crippen LogP contribution in [0.1, 0.15) is 34.1 Å². The van der Waals surface area contributed by atoms with Crippen LogP contribution in [-0.4, -0.2) is 5.33 Å². The normalized spacial score (nSPS) is 12.0. The van der Waals surface area contributed by atoms with Crippen molar-refractivity contribution in [1.29, 1.82) is 0 Å². The molecule has 0 saturated heterocycles. The van der Waals surface area contributed by atoms with E-state index in [1.54, 1.807) is 0 Å². The van der Waals surface area contributed by atoms with Crippen molar-refractivity contribution in [2.45, 2.75) is 34.1 Å². The van der Waals surface area contributed by atoms with Crippen molar-refractivity contribution in [3.63, 3.8) is 0 Å². The molecule has 0 aliphatic carbocycles. The Labute approximate surface area is 73.5 Å². The monoisotopic (exact) mass is 206 g/mol. The predicted molar refractivity (Wildman–Crippen MR) is 51.6 cm³/mol. The van der Waals surface area contributed by atoms with Crippen molar-refractivity contribution in [2.75, 3.05) is 5.33 Å². The minimum absolute atomic E-state index is 0.831. The summed E-state index contributed by atoms with van der Waals surface area (Å²) in [5.41, 5.74) is 0. The Morgan fingerprint density at radius 3 is 1.50 bits per heavy atom. The number of alkyl halides is 1. The molecule has 0 N–H and O–H groups in total. The maximum absolute atomic E-state index is 3.49. The molecule has 0 bridgehead atoms. The van der Waals surface area contributed by atoms with Crippen LogP contribution in [0.4, 0.5) is 0 Å². The molecule has 0 aromatic rings. The summed E-state index contributed by atoms with van der Waals surface area (Å²) in [6, 6.07) is 0. The molecule has 0 radical (unpaired) electrons. The fourth-order valence-corrected chi connectivity index (χ4v) is 2.09. The highest BCUT2D eigenvalue weighted by molar-refractivity contribution is 9.09. The van der Waals surface area contributed by atoms with E-state index in [2.05, 4.69) is 43.6 Å². The van der Waals surface area contributed by atoms with Gasteiger partial charge in [0.15, 0.2) is 0 Å². The van der Waals surface area contributed by atoms with Crippen molar-refractivity contribution in [2.24, 2.45) is 17.8 Å². The molecular weight excluding hydrogens is 188 g/mol. The van der Waals surface area contributed by atoms with Crippen molar-refractivity contribution >= 4 is 15.9 Å². The Kier molecular flexibility index (Phi) is 5.42. The minimum Gasteiger partial charge on any atom is -0.0928 e. The van der Waals surface area contributed by atoms with Gasteiger partial charge in [0.2, 0.25) is 0 Å². The van der Waals surface area contributed by atoms with Gasteiger partial charge >= 0.3 is 0 Å². The van der Waals surface area contributed by atoms with Crippen molar-refractivity contribution < 1.29 is 0 Å². The lowest BCUT2D eigenvalue weighted by Gasteiger charge is -2.23. The zero-order valence-corrected chi connectivity index (χ0v) is 9.11. The summed E-state index contributed by atoms with van der Waals surface area (Å²) in [5.74, 6) is 2.55. The molecule has 0 amide bonds. The van der Waals surface area contributed by atoms with Crippen LogP contribution in [0.3, 0.4) is 0 Å². The Bertz CT molecular complexity index is 68.8. The molecule has 0 nitrogen and oxygen atoms in total. The second-order valence-corrected chi connectivity index (χ2v) is 4.42. The molecule has 0 aliphatic heterocycles. The zero-order valence-electron chi connectivity index (χ0n) is 7.52. The molecule has 10 heavy (non-hydrogen) atoms. The summed E-state index contributed by atoms with van der Waals surface area (Å²) in [4.78, 5) is 0. The topological polar surface area (TPSA) is 0 Å². The van der Waals surface area contributed by atoms with Crippen LogP contribution in [0.15, 0.2) is 0 Å². The maximum atomic E-state index is 3.49. The molecule has 0 saturated carbocycles. The van der Waals surface area contributed by atoms with E-state index in [9.17, 15) is 0 Å². The van der Waals surface area contributed by atoms with Gasteiger partial charge in [-0.05, 0) is 24.2 Å². The Morgan fingerprint density at radius 1 is 1.00 bits per heavy atom. The Morgan fingerprint density at radius 2 is 1.40 bits per heavy atom. The lowest BCUT2D eigenvalue weighted by atomic mass is 9.84. The summed E-state index contributed by atoms with van der Waals surface area (Å²) in [6.07, 6.45) is 1.31. The average Bonchev–Trinajstić information content (AvgIpc) is 1.81. The second kappa shape index (κ2) is 5.17. The lowest BCUT2D eigenvalue weighted by Crippen LogP contribution is -2.15. The lowest BCUT2D eigenvalue weighted by molar-refractivity contribution is 0.282. The van der Waals surface area contributed by atoms with Gasteiger partial charge in [-0.2, -0.15) is 0 Å². The van der Waals surface area contributed by atoms with Gasteiger partial charge in [-0.1, -0.05) is 43.6 Å². The molecule has 0 aromatic carbocycles. The number of hydrogen-bond donors (Lipinski definition) is 0. The van der Waals surface area contributed by atoms with E-state index in [0.29, 0.717) is 0 Å². The number of halogens is 1. The molecule has 0 unspecified atom stereocenters. The zero-order chi connectivity index (χ0) is 8.15. The van der Waals surface area contributed by atoms with Crippen LogP contribution in [0.2, 0.25) is 0 Å². The van der Waals surface area contributed by atoms with Crippen LogP contribution in [0.25, 0.3) is 0 Å². The van der Waals surface area contributed by atoms with Crippen LogP contribution in [0.5, 0.6) is 0 Å². The summed E-state index contributed by atoms with van der Waals surface area (Å²) in [6.45, 7) is 9.25. The Hall–Kier alpha value is 0.480. The quantitative estimate of drug-likeness (QED) is 0.616. The van der Waals surface area contributed by atoms with Gasteiger partial charge in [-0.15, -0.1) is 0 Å². The van der Waals surface area contributed by atoms with Gasteiger partial charge in [0.1, 0.15) is 0 Å². The molecule has 0 rings (SSSR count). The second-order valence-electron chi connectivity index (χ2n) is 3.63. The van der Waals surface area contributed by atoms with E-state index in [0.717, 1.165) is 23.1 Å². The first-order chi connectivity index (χ1) is 4.59. The molecule has 0 fully saturated rings. The molecule has 0 heterocycles. The van der Waals surface area contributed by atoms with E-state index in [-0.39, 0.29) is 0 Å². The van der Waals surface area contributed by atoms with Gasteiger partial charge in [0, 0.05) is 5.33 Å². The molecular formula is C9H19Br. The maximum Gasteiger partial charge on any atom is 0.00341 e. The standard InChI is InChI=1S/C9H19Br/c1-7(2)9(5-6-10)8(3)4/h7-9H,5-6H2,1-4H3. The van der Waals surface area contributed by atoms with Crippen molar-refractivity contribution in [3.8, 4) is 0 Å². The van der Waals surface area contributed by atoms with Gasteiger partial charge in [0.25, 0.3) is 0 Å². The van der Waals surface area contributed by atoms with E-state index in [1.807, 2.05) is 0 Å². The van der Waals surface area contributed by atoms with Gasteiger partial charge in [-0.25, -0.2) is 0 Å². The van der Waals surface area contributed by atoms with Gasteiger partial charge in [-0.3, -0.25) is 0 Å². The van der Waals surface area contributed by atoms with E-state index in [1.165, 1.54) is 6.42 Å². The first-order valence-corrected chi connectivity index (χ1v) is 5.27. The molecule has 62 valence electrons. The van der Waals surface area contributed by atoms with E-state index >= 15 is 0 Å². The largest absolute Gasteiger partial charge is 0.0928 e. The highest BCUT2D eigenvalue weighted by atomic mass is 79.9. The van der Waals surface area contributed by atoms with E-state index < -0.39 is 0 Å². The molecule has 0 aromatic heterocycles. The average molecular weight is 207 g/mol. The third kappa shape index (κ3) is 3.60. The van der Waals surface area contributed by atoms with Crippen LogP contribution >= 0.6 is 15.9 Å². The van der Waals surface area contributed by atoms with Gasteiger partial charge < -0.3 is 0 Å². The molecule has 0 atom stereocenters.